The van der Waals surface area contributed by atoms with E-state index in [-0.39, 0.29) is 17.0 Å². The van der Waals surface area contributed by atoms with Crippen LogP contribution in [0, 0.1) is 0 Å². The molecule has 0 heterocycles. The first kappa shape index (κ1) is 15.9. The van der Waals surface area contributed by atoms with Gasteiger partial charge in [0, 0.05) is 0 Å². The molecular weight excluding hydrogens is 343 g/mol. The van der Waals surface area contributed by atoms with Crippen molar-refractivity contribution in [3.05, 3.63) is 91.0 Å². The molecule has 3 aromatic rings. The van der Waals surface area contributed by atoms with Crippen molar-refractivity contribution in [3.63, 3.8) is 0 Å². The Labute approximate surface area is 136 Å². The highest BCUT2D eigenvalue weighted by atomic mass is 79.9. The summed E-state index contributed by atoms with van der Waals surface area (Å²) < 4.78 is 0. The van der Waals surface area contributed by atoms with Gasteiger partial charge in [0.05, 0.1) is 0 Å². The van der Waals surface area contributed by atoms with E-state index in [9.17, 15) is 4.89 Å². The van der Waals surface area contributed by atoms with Gasteiger partial charge in [-0.05, 0) is 36.4 Å². The number of benzene rings is 3. The van der Waals surface area contributed by atoms with Crippen molar-refractivity contribution in [2.45, 2.75) is 0 Å². The maximum Gasteiger partial charge on any atom is 0.238 e. The second-order valence-electron chi connectivity index (χ2n) is 4.64. The minimum atomic E-state index is -2.53. The maximum atomic E-state index is 11.5. The quantitative estimate of drug-likeness (QED) is 0.648. The first-order valence-electron chi connectivity index (χ1n) is 6.60. The van der Waals surface area contributed by atoms with Crippen molar-refractivity contribution in [2.24, 2.45) is 0 Å². The highest BCUT2D eigenvalue weighted by molar-refractivity contribution is 7.91. The zero-order chi connectivity index (χ0) is 13.8. The van der Waals surface area contributed by atoms with E-state index in [4.69, 9.17) is 0 Å². The minimum Gasteiger partial charge on any atom is -1.00 e. The Hall–Kier alpha value is -1.47. The summed E-state index contributed by atoms with van der Waals surface area (Å²) in [5.41, 5.74) is 0. The molecule has 1 N–H and O–H groups in total. The maximum absolute atomic E-state index is 11.5. The van der Waals surface area contributed by atoms with E-state index in [1.54, 1.807) is 0 Å². The first-order chi connectivity index (χ1) is 9.82. The summed E-state index contributed by atoms with van der Waals surface area (Å²) in [6.07, 6.45) is 0. The van der Waals surface area contributed by atoms with E-state index >= 15 is 0 Å². The summed E-state index contributed by atoms with van der Waals surface area (Å²) in [6.45, 7) is 0. The predicted octanol–water partition coefficient (Wildman–Crippen LogP) is -0.108. The molecule has 0 fully saturated rings. The van der Waals surface area contributed by atoms with Gasteiger partial charge in [-0.15, -0.1) is 0 Å². The van der Waals surface area contributed by atoms with Gasteiger partial charge in [0.2, 0.25) is 7.49 Å². The topological polar surface area (TPSA) is 20.2 Å². The van der Waals surface area contributed by atoms with Gasteiger partial charge in [-0.1, -0.05) is 54.6 Å². The van der Waals surface area contributed by atoms with Crippen LogP contribution >= 0.6 is 7.49 Å². The monoisotopic (exact) mass is 358 g/mol. The van der Waals surface area contributed by atoms with Gasteiger partial charge >= 0.3 is 0 Å². The van der Waals surface area contributed by atoms with Crippen LogP contribution in [-0.4, -0.2) is 4.89 Å². The lowest BCUT2D eigenvalue weighted by Crippen LogP contribution is -3.00. The van der Waals surface area contributed by atoms with Gasteiger partial charge in [-0.3, -0.25) is 0 Å². The summed E-state index contributed by atoms with van der Waals surface area (Å²) in [5, 5.41) is 2.95. The Kier molecular flexibility index (Phi) is 5.30. The van der Waals surface area contributed by atoms with Gasteiger partial charge in [-0.2, -0.15) is 0 Å². The van der Waals surface area contributed by atoms with Crippen molar-refractivity contribution >= 4 is 23.4 Å². The Bertz CT molecular complexity index is 575. The molecule has 0 unspecified atom stereocenters. The fourth-order valence-electron chi connectivity index (χ4n) is 2.38. The van der Waals surface area contributed by atoms with Crippen molar-refractivity contribution in [1.29, 1.82) is 0 Å². The zero-order valence-corrected chi connectivity index (χ0v) is 13.9. The van der Waals surface area contributed by atoms with E-state index in [1.165, 1.54) is 0 Å². The molecule has 3 heteroatoms. The van der Waals surface area contributed by atoms with Crippen LogP contribution in [0.5, 0.6) is 0 Å². The molecule has 21 heavy (non-hydrogen) atoms. The second kappa shape index (κ2) is 7.00. The van der Waals surface area contributed by atoms with E-state index in [1.807, 2.05) is 91.0 Å². The molecule has 0 aliphatic rings. The lowest BCUT2D eigenvalue weighted by molar-refractivity contribution is -0.00000484. The molecule has 0 atom stereocenters. The molecule has 0 saturated heterocycles. The number of rotatable bonds is 3. The summed E-state index contributed by atoms with van der Waals surface area (Å²) in [5.74, 6) is 0. The Morgan fingerprint density at radius 3 is 0.952 bits per heavy atom. The van der Waals surface area contributed by atoms with Crippen molar-refractivity contribution in [2.75, 3.05) is 0 Å². The van der Waals surface area contributed by atoms with Crippen LogP contribution in [0.2, 0.25) is 0 Å². The van der Waals surface area contributed by atoms with E-state index < -0.39 is 7.49 Å². The molecule has 0 spiro atoms. The van der Waals surface area contributed by atoms with Gasteiger partial charge in [0.15, 0.2) is 0 Å². The Morgan fingerprint density at radius 2 is 0.714 bits per heavy atom. The van der Waals surface area contributed by atoms with Crippen molar-refractivity contribution < 1.29 is 21.9 Å². The molecule has 0 amide bonds. The van der Waals surface area contributed by atoms with Crippen LogP contribution < -0.4 is 32.9 Å². The number of hydrogen-bond acceptors (Lipinski definition) is 1. The van der Waals surface area contributed by atoms with E-state index in [0.29, 0.717) is 0 Å². The smallest absolute Gasteiger partial charge is 0.238 e. The third kappa shape index (κ3) is 3.08. The SMILES string of the molecule is O[P+](c1ccccc1)(c1ccccc1)c1ccccc1.[Br-]. The molecule has 0 radical (unpaired) electrons. The molecule has 106 valence electrons. The summed E-state index contributed by atoms with van der Waals surface area (Å²) in [4.78, 5) is 11.5. The minimum absolute atomic E-state index is 0. The molecule has 3 aromatic carbocycles. The molecule has 0 aliphatic carbocycles. The number of halogens is 1. The van der Waals surface area contributed by atoms with Gasteiger partial charge in [-0.25, -0.2) is 4.89 Å². The van der Waals surface area contributed by atoms with Crippen LogP contribution in [0.4, 0.5) is 0 Å². The van der Waals surface area contributed by atoms with Crippen molar-refractivity contribution in [3.8, 4) is 0 Å². The molecule has 0 aliphatic heterocycles. The average molecular weight is 359 g/mol. The van der Waals surface area contributed by atoms with Crippen LogP contribution in [0.1, 0.15) is 0 Å². The molecule has 3 rings (SSSR count). The van der Waals surface area contributed by atoms with Gasteiger partial charge in [0.1, 0.15) is 15.9 Å². The largest absolute Gasteiger partial charge is 1.00 e. The number of hydrogen-bond donors (Lipinski definition) is 1. The van der Waals surface area contributed by atoms with Crippen LogP contribution in [0.3, 0.4) is 0 Å². The summed E-state index contributed by atoms with van der Waals surface area (Å²) in [7, 11) is -2.53. The van der Waals surface area contributed by atoms with E-state index in [2.05, 4.69) is 0 Å². The molecule has 0 bridgehead atoms. The lowest BCUT2D eigenvalue weighted by Gasteiger charge is -2.19. The molecule has 0 saturated carbocycles. The van der Waals surface area contributed by atoms with E-state index in [0.717, 1.165) is 15.9 Å². The predicted molar refractivity (Wildman–Crippen MR) is 87.4 cm³/mol. The average Bonchev–Trinajstić information content (AvgIpc) is 2.56. The second-order valence-corrected chi connectivity index (χ2v) is 7.46. The van der Waals surface area contributed by atoms with Crippen LogP contribution in [-0.2, 0) is 0 Å². The first-order valence-corrected chi connectivity index (χ1v) is 8.34. The Morgan fingerprint density at radius 1 is 0.476 bits per heavy atom. The Balaban J connectivity index is 0.00000161. The third-order valence-corrected chi connectivity index (χ3v) is 6.53. The van der Waals surface area contributed by atoms with Gasteiger partial charge < -0.3 is 17.0 Å². The highest BCUT2D eigenvalue weighted by Crippen LogP contribution is 2.50. The highest BCUT2D eigenvalue weighted by Gasteiger charge is 2.43. The molecule has 1 nitrogen and oxygen atoms in total. The normalized spacial score (nSPS) is 10.7. The fraction of sp³-hybridized carbons (Fsp3) is 0. The molecular formula is C18H16BrOP. The molecule has 0 aromatic heterocycles. The third-order valence-electron chi connectivity index (χ3n) is 3.39. The summed E-state index contributed by atoms with van der Waals surface area (Å²) in [6, 6.07) is 29.8. The lowest BCUT2D eigenvalue weighted by atomic mass is 10.4. The van der Waals surface area contributed by atoms with Crippen LogP contribution in [0.15, 0.2) is 91.0 Å². The fourth-order valence-corrected chi connectivity index (χ4v) is 5.08. The van der Waals surface area contributed by atoms with Crippen molar-refractivity contribution in [1.82, 2.24) is 0 Å². The van der Waals surface area contributed by atoms with Gasteiger partial charge in [0.25, 0.3) is 0 Å². The zero-order valence-electron chi connectivity index (χ0n) is 11.4. The standard InChI is InChI=1S/C18H16OP.BrH/c19-20(16-10-4-1-5-11-16,17-12-6-2-7-13-17)18-14-8-3-9-15-18;/h1-15,19H;1H/q+1;/p-1. The van der Waals surface area contributed by atoms with Crippen LogP contribution in [0.25, 0.3) is 0 Å². The summed E-state index contributed by atoms with van der Waals surface area (Å²) >= 11 is 0.